The number of ketones is 1. The Labute approximate surface area is 130 Å². The number of benzene rings is 1. The average Bonchev–Trinajstić information content (AvgIpc) is 2.76. The van der Waals surface area contributed by atoms with Gasteiger partial charge in [-0.1, -0.05) is 0 Å². The van der Waals surface area contributed by atoms with Gasteiger partial charge in [0.05, 0.1) is 0 Å². The minimum Gasteiger partial charge on any atom is -0.300 e. The fourth-order valence-corrected chi connectivity index (χ4v) is 3.80. The highest BCUT2D eigenvalue weighted by molar-refractivity contribution is 5.83. The van der Waals surface area contributed by atoms with E-state index in [1.54, 1.807) is 0 Å². The molecule has 2 heterocycles. The summed E-state index contributed by atoms with van der Waals surface area (Å²) in [5.74, 6) is -10.9. The molecule has 126 valence electrons. The molecule has 0 radical (unpaired) electrons. The normalized spacial score (nSPS) is 27.5. The first-order chi connectivity index (χ1) is 10.8. The van der Waals surface area contributed by atoms with Crippen LogP contribution in [-0.4, -0.2) is 29.8 Å². The monoisotopic (exact) mass is 333 g/mol. The summed E-state index contributed by atoms with van der Waals surface area (Å²) in [6.07, 6.45) is 2.31. The van der Waals surface area contributed by atoms with E-state index in [2.05, 4.69) is 4.90 Å². The van der Waals surface area contributed by atoms with Crippen LogP contribution in [0.4, 0.5) is 22.0 Å². The van der Waals surface area contributed by atoms with Gasteiger partial charge in [0.25, 0.3) is 0 Å². The topological polar surface area (TPSA) is 20.3 Å². The van der Waals surface area contributed by atoms with Crippen LogP contribution in [0.5, 0.6) is 0 Å². The maximum Gasteiger partial charge on any atom is 0.200 e. The number of piperidine rings is 1. The van der Waals surface area contributed by atoms with Gasteiger partial charge in [-0.25, -0.2) is 22.0 Å². The predicted octanol–water partition coefficient (Wildman–Crippen LogP) is 3.37. The van der Waals surface area contributed by atoms with Crippen molar-refractivity contribution < 1.29 is 26.7 Å². The molecule has 2 unspecified atom stereocenters. The van der Waals surface area contributed by atoms with Crippen LogP contribution < -0.4 is 0 Å². The Balaban J connectivity index is 1.82. The number of carbonyl (C=O) groups is 1. The van der Waals surface area contributed by atoms with E-state index in [4.69, 9.17) is 0 Å². The Morgan fingerprint density at radius 2 is 1.35 bits per heavy atom. The number of carbonyl (C=O) groups excluding carboxylic acids is 1. The molecule has 0 amide bonds. The van der Waals surface area contributed by atoms with Gasteiger partial charge in [-0.3, -0.25) is 4.79 Å². The maximum absolute atomic E-state index is 13.7. The van der Waals surface area contributed by atoms with Crippen LogP contribution in [-0.2, 0) is 11.2 Å². The van der Waals surface area contributed by atoms with Crippen LogP contribution in [0.2, 0.25) is 0 Å². The van der Waals surface area contributed by atoms with Gasteiger partial charge in [-0.15, -0.1) is 0 Å². The second-order valence-electron chi connectivity index (χ2n) is 6.41. The number of hydrogen-bond acceptors (Lipinski definition) is 2. The van der Waals surface area contributed by atoms with Crippen molar-refractivity contribution >= 4 is 5.78 Å². The van der Waals surface area contributed by atoms with Crippen LogP contribution in [0.1, 0.15) is 31.2 Å². The number of rotatable bonds is 3. The molecule has 0 aromatic heterocycles. The highest BCUT2D eigenvalue weighted by Crippen LogP contribution is 2.38. The third-order valence-electron chi connectivity index (χ3n) is 5.21. The summed E-state index contributed by atoms with van der Waals surface area (Å²) in [5.41, 5.74) is -1.03. The summed E-state index contributed by atoms with van der Waals surface area (Å²) in [5, 5.41) is 0. The minimum atomic E-state index is -2.20. The van der Waals surface area contributed by atoms with Gasteiger partial charge in [0.2, 0.25) is 5.82 Å². The molecule has 0 aliphatic carbocycles. The van der Waals surface area contributed by atoms with E-state index >= 15 is 0 Å². The summed E-state index contributed by atoms with van der Waals surface area (Å²) in [4.78, 5) is 14.5. The van der Waals surface area contributed by atoms with E-state index in [0.717, 1.165) is 12.8 Å². The van der Waals surface area contributed by atoms with Crippen LogP contribution >= 0.6 is 0 Å². The molecular weight excluding hydrogens is 317 g/mol. The second kappa shape index (κ2) is 5.85. The number of fused-ring (bicyclic) bond motifs is 2. The number of hydrogen-bond donors (Lipinski definition) is 0. The highest BCUT2D eigenvalue weighted by atomic mass is 19.2. The molecule has 0 spiro atoms. The van der Waals surface area contributed by atoms with Crippen molar-refractivity contribution in [3.8, 4) is 0 Å². The lowest BCUT2D eigenvalue weighted by Gasteiger charge is -2.35. The van der Waals surface area contributed by atoms with Crippen LogP contribution in [0.15, 0.2) is 0 Å². The van der Waals surface area contributed by atoms with Crippen LogP contribution in [0, 0.1) is 35.0 Å². The maximum atomic E-state index is 13.7. The predicted molar refractivity (Wildman–Crippen MR) is 72.2 cm³/mol. The van der Waals surface area contributed by atoms with Crippen molar-refractivity contribution in [2.24, 2.45) is 5.92 Å². The molecule has 2 aliphatic rings. The van der Waals surface area contributed by atoms with Gasteiger partial charge in [0.1, 0.15) is 5.78 Å². The molecule has 2 fully saturated rings. The standard InChI is InChI=1S/C16H16F5NO/c1-22-8-2-3-9(22)5-7(4-8)11(23)6-10-12(17)14(19)16(21)15(20)13(10)18/h7-9H,2-6H2,1H3. The van der Waals surface area contributed by atoms with Crippen molar-refractivity contribution in [1.82, 2.24) is 4.90 Å². The molecule has 2 atom stereocenters. The molecule has 0 saturated carbocycles. The summed E-state index contributed by atoms with van der Waals surface area (Å²) in [7, 11) is 1.98. The fraction of sp³-hybridized carbons (Fsp3) is 0.562. The van der Waals surface area contributed by atoms with Gasteiger partial charge >= 0.3 is 0 Å². The zero-order chi connectivity index (χ0) is 16.9. The Kier molecular flexibility index (Phi) is 4.16. The largest absolute Gasteiger partial charge is 0.300 e. The van der Waals surface area contributed by atoms with Gasteiger partial charge in [0, 0.05) is 30.0 Å². The molecule has 7 heteroatoms. The fourth-order valence-electron chi connectivity index (χ4n) is 3.80. The van der Waals surface area contributed by atoms with E-state index in [-0.39, 0.29) is 12.1 Å². The van der Waals surface area contributed by atoms with Gasteiger partial charge < -0.3 is 4.90 Å². The number of halogens is 5. The first-order valence-corrected chi connectivity index (χ1v) is 7.56. The Hall–Kier alpha value is -1.50. The van der Waals surface area contributed by atoms with Crippen LogP contribution in [0.3, 0.4) is 0 Å². The summed E-state index contributed by atoms with van der Waals surface area (Å²) < 4.78 is 66.8. The zero-order valence-corrected chi connectivity index (χ0v) is 12.5. The molecule has 2 saturated heterocycles. The van der Waals surface area contributed by atoms with Crippen LogP contribution in [0.25, 0.3) is 0 Å². The lowest BCUT2D eigenvalue weighted by atomic mass is 9.85. The van der Waals surface area contributed by atoms with Gasteiger partial charge in [0.15, 0.2) is 23.3 Å². The zero-order valence-electron chi connectivity index (χ0n) is 12.5. The smallest absolute Gasteiger partial charge is 0.200 e. The van der Waals surface area contributed by atoms with Crippen molar-refractivity contribution in [3.05, 3.63) is 34.6 Å². The third-order valence-corrected chi connectivity index (χ3v) is 5.21. The van der Waals surface area contributed by atoms with E-state index in [0.29, 0.717) is 12.8 Å². The molecule has 1 aromatic carbocycles. The number of Topliss-reactive ketones (excluding diaryl/α,β-unsaturated/α-hetero) is 1. The summed E-state index contributed by atoms with van der Waals surface area (Å²) >= 11 is 0. The van der Waals surface area contributed by atoms with Crippen molar-refractivity contribution in [1.29, 1.82) is 0 Å². The van der Waals surface area contributed by atoms with E-state index < -0.39 is 52.8 Å². The Morgan fingerprint density at radius 3 is 1.83 bits per heavy atom. The first-order valence-electron chi connectivity index (χ1n) is 7.56. The first kappa shape index (κ1) is 16.4. The second-order valence-corrected chi connectivity index (χ2v) is 6.41. The molecule has 23 heavy (non-hydrogen) atoms. The molecule has 2 aliphatic heterocycles. The average molecular weight is 333 g/mol. The lowest BCUT2D eigenvalue weighted by Crippen LogP contribution is -2.42. The van der Waals surface area contributed by atoms with Gasteiger partial charge in [-0.2, -0.15) is 0 Å². The molecule has 3 rings (SSSR count). The molecular formula is C16H16F5NO. The molecule has 2 bridgehead atoms. The molecule has 1 aromatic rings. The third kappa shape index (κ3) is 2.65. The van der Waals surface area contributed by atoms with Crippen molar-refractivity contribution in [2.45, 2.75) is 44.2 Å². The molecule has 2 nitrogen and oxygen atoms in total. The lowest BCUT2D eigenvalue weighted by molar-refractivity contribution is -0.124. The number of nitrogens with zero attached hydrogens (tertiary/aromatic N) is 1. The summed E-state index contributed by atoms with van der Waals surface area (Å²) in [6.45, 7) is 0. The SMILES string of the molecule is CN1C2CCC1CC(C(=O)Cc1c(F)c(F)c(F)c(F)c1F)C2. The highest BCUT2D eigenvalue weighted by Gasteiger charge is 2.41. The van der Waals surface area contributed by atoms with E-state index in [1.165, 1.54) is 0 Å². The van der Waals surface area contributed by atoms with Gasteiger partial charge in [-0.05, 0) is 32.7 Å². The summed E-state index contributed by atoms with van der Waals surface area (Å²) in [6, 6.07) is 0.498. The quantitative estimate of drug-likeness (QED) is 0.480. The van der Waals surface area contributed by atoms with E-state index in [1.807, 2.05) is 7.05 Å². The van der Waals surface area contributed by atoms with E-state index in [9.17, 15) is 26.7 Å². The van der Waals surface area contributed by atoms with Crippen molar-refractivity contribution in [2.75, 3.05) is 7.05 Å². The Bertz CT molecular complexity index is 619. The van der Waals surface area contributed by atoms with Crippen molar-refractivity contribution in [3.63, 3.8) is 0 Å². The minimum absolute atomic E-state index is 0.249. The molecule has 0 N–H and O–H groups in total. The Morgan fingerprint density at radius 1 is 0.913 bits per heavy atom.